The molecule has 0 fully saturated rings. The van der Waals surface area contributed by atoms with Gasteiger partial charge in [-0.2, -0.15) is 0 Å². The topological polar surface area (TPSA) is 32.3 Å². The normalized spacial score (nSPS) is 14.1. The molecule has 0 heterocycles. The predicted molar refractivity (Wildman–Crippen MR) is 71.7 cm³/mol. The maximum absolute atomic E-state index is 8.78. The van der Waals surface area contributed by atoms with Crippen LogP contribution in [0.3, 0.4) is 0 Å². The van der Waals surface area contributed by atoms with Gasteiger partial charge in [0.1, 0.15) is 0 Å². The highest BCUT2D eigenvalue weighted by Gasteiger charge is 2.08. The highest BCUT2D eigenvalue weighted by atomic mass is 16.3. The van der Waals surface area contributed by atoms with Crippen molar-refractivity contribution in [1.82, 2.24) is 5.32 Å². The maximum atomic E-state index is 8.78. The zero-order valence-corrected chi connectivity index (χ0v) is 11.7. The Morgan fingerprint density at radius 1 is 1.06 bits per heavy atom. The minimum absolute atomic E-state index is 0.342. The van der Waals surface area contributed by atoms with Gasteiger partial charge in [-0.05, 0) is 37.3 Å². The lowest BCUT2D eigenvalue weighted by molar-refractivity contribution is 0.256. The second-order valence-corrected chi connectivity index (χ2v) is 6.20. The van der Waals surface area contributed by atoms with Gasteiger partial charge in [0.05, 0.1) is 0 Å². The Hall–Kier alpha value is -0.0800. The van der Waals surface area contributed by atoms with Crippen LogP contribution in [-0.2, 0) is 0 Å². The molecule has 0 aromatic rings. The van der Waals surface area contributed by atoms with E-state index in [1.54, 1.807) is 0 Å². The first kappa shape index (κ1) is 15.9. The molecule has 0 aromatic carbocycles. The molecule has 16 heavy (non-hydrogen) atoms. The lowest BCUT2D eigenvalue weighted by atomic mass is 9.97. The Labute approximate surface area is 102 Å². The van der Waals surface area contributed by atoms with E-state index in [0.29, 0.717) is 17.9 Å². The van der Waals surface area contributed by atoms with Gasteiger partial charge in [0.25, 0.3) is 0 Å². The molecular formula is C14H31NO. The van der Waals surface area contributed by atoms with Crippen LogP contribution in [0, 0.1) is 11.3 Å². The van der Waals surface area contributed by atoms with Gasteiger partial charge in [-0.25, -0.2) is 0 Å². The lowest BCUT2D eigenvalue weighted by Gasteiger charge is -2.18. The van der Waals surface area contributed by atoms with Gasteiger partial charge in [-0.1, -0.05) is 47.0 Å². The van der Waals surface area contributed by atoms with E-state index >= 15 is 0 Å². The molecule has 0 bridgehead atoms. The highest BCUT2D eigenvalue weighted by molar-refractivity contribution is 4.64. The monoisotopic (exact) mass is 229 g/mol. The molecule has 0 amide bonds. The summed E-state index contributed by atoms with van der Waals surface area (Å²) < 4.78 is 0. The third-order valence-electron chi connectivity index (χ3n) is 2.83. The number of hydrogen-bond donors (Lipinski definition) is 2. The summed E-state index contributed by atoms with van der Waals surface area (Å²) >= 11 is 0. The second kappa shape index (κ2) is 9.00. The Morgan fingerprint density at radius 3 is 2.31 bits per heavy atom. The van der Waals surface area contributed by atoms with Gasteiger partial charge < -0.3 is 10.4 Å². The summed E-state index contributed by atoms with van der Waals surface area (Å²) in [6.45, 7) is 11.6. The lowest BCUT2D eigenvalue weighted by Crippen LogP contribution is -2.27. The van der Waals surface area contributed by atoms with E-state index in [1.165, 1.54) is 25.7 Å². The number of hydrogen-bond acceptors (Lipinski definition) is 2. The maximum Gasteiger partial charge on any atom is 0.0433 e. The van der Waals surface area contributed by atoms with Crippen molar-refractivity contribution in [2.45, 2.75) is 59.8 Å². The molecule has 0 rings (SSSR count). The highest BCUT2D eigenvalue weighted by Crippen LogP contribution is 2.12. The predicted octanol–water partition coefficient (Wildman–Crippen LogP) is 3.20. The molecule has 2 N–H and O–H groups in total. The minimum Gasteiger partial charge on any atom is -0.396 e. The largest absolute Gasteiger partial charge is 0.396 e. The average Bonchev–Trinajstić information content (AvgIpc) is 2.15. The fraction of sp³-hybridized carbons (Fsp3) is 1.00. The van der Waals surface area contributed by atoms with Crippen LogP contribution in [0.2, 0.25) is 0 Å². The zero-order valence-electron chi connectivity index (χ0n) is 11.7. The van der Waals surface area contributed by atoms with Crippen molar-refractivity contribution in [3.63, 3.8) is 0 Å². The van der Waals surface area contributed by atoms with Crippen molar-refractivity contribution >= 4 is 0 Å². The van der Waals surface area contributed by atoms with Gasteiger partial charge in [-0.3, -0.25) is 0 Å². The van der Waals surface area contributed by atoms with Crippen LogP contribution in [0.15, 0.2) is 0 Å². The number of nitrogens with one attached hydrogen (secondary N) is 1. The molecule has 0 radical (unpaired) electrons. The van der Waals surface area contributed by atoms with Gasteiger partial charge in [0.2, 0.25) is 0 Å². The molecule has 0 saturated heterocycles. The van der Waals surface area contributed by atoms with Gasteiger partial charge in [0.15, 0.2) is 0 Å². The molecule has 0 aromatic heterocycles. The van der Waals surface area contributed by atoms with E-state index in [2.05, 4.69) is 33.0 Å². The fourth-order valence-corrected chi connectivity index (χ4v) is 1.75. The van der Waals surface area contributed by atoms with Crippen LogP contribution in [0.5, 0.6) is 0 Å². The van der Waals surface area contributed by atoms with E-state index in [0.717, 1.165) is 19.5 Å². The van der Waals surface area contributed by atoms with Crippen molar-refractivity contribution < 1.29 is 5.11 Å². The Balaban J connectivity index is 3.16. The molecular weight excluding hydrogens is 198 g/mol. The second-order valence-electron chi connectivity index (χ2n) is 6.20. The summed E-state index contributed by atoms with van der Waals surface area (Å²) in [5.41, 5.74) is 0.398. The van der Waals surface area contributed by atoms with E-state index in [-0.39, 0.29) is 0 Å². The first-order chi connectivity index (χ1) is 7.45. The molecule has 1 unspecified atom stereocenters. The third kappa shape index (κ3) is 12.0. The Bertz CT molecular complexity index is 151. The van der Waals surface area contributed by atoms with E-state index in [1.807, 2.05) is 0 Å². The fourth-order valence-electron chi connectivity index (χ4n) is 1.75. The summed E-state index contributed by atoms with van der Waals surface area (Å²) in [6.07, 6.45) is 6.12. The first-order valence-electron chi connectivity index (χ1n) is 6.77. The molecule has 0 aliphatic carbocycles. The van der Waals surface area contributed by atoms with Crippen molar-refractivity contribution in [3.8, 4) is 0 Å². The molecule has 2 heteroatoms. The van der Waals surface area contributed by atoms with Gasteiger partial charge >= 0.3 is 0 Å². The number of aliphatic hydroxyl groups is 1. The minimum atomic E-state index is 0.342. The standard InChI is InChI=1S/C14H31NO/c1-13(9-11-16)8-6-5-7-10-15-12-14(2,3)4/h13,15-16H,5-12H2,1-4H3. The van der Waals surface area contributed by atoms with Crippen LogP contribution < -0.4 is 5.32 Å². The molecule has 0 aliphatic rings. The Kier molecular flexibility index (Phi) is 8.96. The van der Waals surface area contributed by atoms with Crippen molar-refractivity contribution in [2.24, 2.45) is 11.3 Å². The zero-order chi connectivity index (χ0) is 12.4. The number of unbranched alkanes of at least 4 members (excludes halogenated alkanes) is 2. The molecule has 1 atom stereocenters. The molecule has 2 nitrogen and oxygen atoms in total. The van der Waals surface area contributed by atoms with E-state index < -0.39 is 0 Å². The summed E-state index contributed by atoms with van der Waals surface area (Å²) in [7, 11) is 0. The van der Waals surface area contributed by atoms with Crippen molar-refractivity contribution in [1.29, 1.82) is 0 Å². The molecule has 0 spiro atoms. The van der Waals surface area contributed by atoms with Crippen LogP contribution >= 0.6 is 0 Å². The molecule has 0 aliphatic heterocycles. The van der Waals surface area contributed by atoms with Crippen molar-refractivity contribution in [2.75, 3.05) is 19.7 Å². The summed E-state index contributed by atoms with van der Waals surface area (Å²) in [4.78, 5) is 0. The van der Waals surface area contributed by atoms with E-state index in [4.69, 9.17) is 5.11 Å². The van der Waals surface area contributed by atoms with Crippen LogP contribution in [0.4, 0.5) is 0 Å². The van der Waals surface area contributed by atoms with Crippen LogP contribution in [0.25, 0.3) is 0 Å². The summed E-state index contributed by atoms with van der Waals surface area (Å²) in [6, 6.07) is 0. The van der Waals surface area contributed by atoms with Crippen LogP contribution in [-0.4, -0.2) is 24.8 Å². The van der Waals surface area contributed by atoms with Crippen molar-refractivity contribution in [3.05, 3.63) is 0 Å². The number of aliphatic hydroxyl groups excluding tert-OH is 1. The summed E-state index contributed by atoms with van der Waals surface area (Å²) in [5.74, 6) is 0.688. The smallest absolute Gasteiger partial charge is 0.0433 e. The third-order valence-corrected chi connectivity index (χ3v) is 2.83. The number of rotatable bonds is 9. The first-order valence-corrected chi connectivity index (χ1v) is 6.77. The summed E-state index contributed by atoms with van der Waals surface area (Å²) in [5, 5.41) is 12.3. The quantitative estimate of drug-likeness (QED) is 0.595. The van der Waals surface area contributed by atoms with E-state index in [9.17, 15) is 0 Å². The van der Waals surface area contributed by atoms with Gasteiger partial charge in [0, 0.05) is 6.61 Å². The molecule has 0 saturated carbocycles. The Morgan fingerprint density at radius 2 is 1.75 bits per heavy atom. The average molecular weight is 229 g/mol. The SMILES string of the molecule is CC(CCO)CCCCCNCC(C)(C)C. The molecule has 98 valence electrons. The van der Waals surface area contributed by atoms with Crippen LogP contribution in [0.1, 0.15) is 59.8 Å². The van der Waals surface area contributed by atoms with Gasteiger partial charge in [-0.15, -0.1) is 0 Å².